The van der Waals surface area contributed by atoms with E-state index in [-0.39, 0.29) is 12.3 Å². The van der Waals surface area contributed by atoms with Crippen LogP contribution in [0.25, 0.3) is 11.0 Å². The van der Waals surface area contributed by atoms with Crippen molar-refractivity contribution in [3.8, 4) is 17.2 Å². The lowest BCUT2D eigenvalue weighted by Gasteiger charge is -2.08. The predicted octanol–water partition coefficient (Wildman–Crippen LogP) is 4.15. The van der Waals surface area contributed by atoms with Crippen LogP contribution in [0.5, 0.6) is 17.2 Å². The Labute approximate surface area is 185 Å². The lowest BCUT2D eigenvalue weighted by atomic mass is 10.1. The minimum absolute atomic E-state index is 0.167. The van der Waals surface area contributed by atoms with Crippen LogP contribution in [0.2, 0.25) is 0 Å². The van der Waals surface area contributed by atoms with Crippen LogP contribution in [0.4, 0.5) is 5.82 Å². The summed E-state index contributed by atoms with van der Waals surface area (Å²) in [7, 11) is 4.86. The summed E-state index contributed by atoms with van der Waals surface area (Å²) in [6.07, 6.45) is 3.29. The van der Waals surface area contributed by atoms with Crippen LogP contribution < -0.4 is 19.5 Å². The van der Waals surface area contributed by atoms with Gasteiger partial charge in [0.15, 0.2) is 5.82 Å². The number of aromatic nitrogens is 2. The number of amides is 1. The molecule has 166 valence electrons. The maximum atomic E-state index is 12.5. The molecule has 8 nitrogen and oxygen atoms in total. The second-order valence-electron chi connectivity index (χ2n) is 7.35. The van der Waals surface area contributed by atoms with Crippen molar-refractivity contribution in [1.82, 2.24) is 10.2 Å². The first-order chi connectivity index (χ1) is 15.6. The number of furan rings is 1. The van der Waals surface area contributed by atoms with Gasteiger partial charge in [-0.05, 0) is 42.7 Å². The predicted molar refractivity (Wildman–Crippen MR) is 121 cm³/mol. The summed E-state index contributed by atoms with van der Waals surface area (Å²) in [6.45, 7) is 0. The van der Waals surface area contributed by atoms with Crippen LogP contribution in [0.15, 0.2) is 53.1 Å². The van der Waals surface area contributed by atoms with E-state index in [0.29, 0.717) is 17.2 Å². The van der Waals surface area contributed by atoms with Gasteiger partial charge < -0.3 is 23.9 Å². The van der Waals surface area contributed by atoms with Crippen LogP contribution in [0.3, 0.4) is 0 Å². The Morgan fingerprint density at radius 1 is 0.969 bits per heavy atom. The third kappa shape index (κ3) is 4.85. The Morgan fingerprint density at radius 2 is 1.72 bits per heavy atom. The van der Waals surface area contributed by atoms with Gasteiger partial charge in [0.25, 0.3) is 0 Å². The molecule has 0 aliphatic heterocycles. The number of methoxy groups -OCH3 is 3. The van der Waals surface area contributed by atoms with E-state index in [2.05, 4.69) is 15.5 Å². The van der Waals surface area contributed by atoms with E-state index in [1.165, 1.54) is 0 Å². The molecule has 2 N–H and O–H groups in total. The van der Waals surface area contributed by atoms with Crippen molar-refractivity contribution in [2.75, 3.05) is 26.6 Å². The molecule has 8 heteroatoms. The van der Waals surface area contributed by atoms with Crippen molar-refractivity contribution < 1.29 is 23.4 Å². The average molecular weight is 435 g/mol. The number of aromatic amines is 1. The largest absolute Gasteiger partial charge is 0.497 e. The third-order valence-electron chi connectivity index (χ3n) is 5.21. The molecule has 0 aliphatic carbocycles. The topological polar surface area (TPSA) is 98.6 Å². The van der Waals surface area contributed by atoms with Gasteiger partial charge in [0.2, 0.25) is 5.91 Å². The Bertz CT molecular complexity index is 1210. The van der Waals surface area contributed by atoms with E-state index in [0.717, 1.165) is 46.5 Å². The molecule has 32 heavy (non-hydrogen) atoms. The molecule has 0 radical (unpaired) electrons. The number of aryl methyl sites for hydroxylation is 2. The number of fused-ring (bicyclic) bond motifs is 1. The number of hydrogen-bond donors (Lipinski definition) is 2. The molecule has 2 aromatic heterocycles. The molecule has 0 fully saturated rings. The minimum Gasteiger partial charge on any atom is -0.497 e. The molecular formula is C24H25N3O5. The van der Waals surface area contributed by atoms with E-state index >= 15 is 0 Å². The van der Waals surface area contributed by atoms with Gasteiger partial charge in [0.05, 0.1) is 34.0 Å². The summed E-state index contributed by atoms with van der Waals surface area (Å²) in [5, 5.41) is 10.9. The van der Waals surface area contributed by atoms with Crippen LogP contribution in [0.1, 0.15) is 16.8 Å². The van der Waals surface area contributed by atoms with E-state index in [1.54, 1.807) is 33.7 Å². The van der Waals surface area contributed by atoms with Gasteiger partial charge in [0.1, 0.15) is 22.8 Å². The van der Waals surface area contributed by atoms with E-state index < -0.39 is 0 Å². The smallest absolute Gasteiger partial charge is 0.230 e. The number of nitrogens with zero attached hydrogens (tertiary/aromatic N) is 1. The minimum atomic E-state index is -0.167. The van der Waals surface area contributed by atoms with E-state index in [9.17, 15) is 4.79 Å². The Balaban J connectivity index is 1.35. The number of nitrogens with one attached hydrogen (secondary N) is 2. The van der Waals surface area contributed by atoms with Gasteiger partial charge >= 0.3 is 0 Å². The molecule has 0 bridgehead atoms. The van der Waals surface area contributed by atoms with Crippen molar-refractivity contribution >= 4 is 22.7 Å². The molecule has 0 saturated carbocycles. The highest BCUT2D eigenvalue weighted by Gasteiger charge is 2.13. The van der Waals surface area contributed by atoms with Crippen LogP contribution >= 0.6 is 0 Å². The number of rotatable bonds is 9. The Kier molecular flexibility index (Phi) is 6.30. The Morgan fingerprint density at radius 3 is 2.44 bits per heavy atom. The molecule has 4 aromatic rings. The number of benzene rings is 2. The third-order valence-corrected chi connectivity index (χ3v) is 5.21. The van der Waals surface area contributed by atoms with Crippen LogP contribution in [0, 0.1) is 0 Å². The van der Waals surface area contributed by atoms with Crippen molar-refractivity contribution in [2.24, 2.45) is 0 Å². The summed E-state index contributed by atoms with van der Waals surface area (Å²) in [4.78, 5) is 12.5. The highest BCUT2D eigenvalue weighted by Crippen LogP contribution is 2.26. The zero-order valence-corrected chi connectivity index (χ0v) is 18.2. The highest BCUT2D eigenvalue weighted by molar-refractivity contribution is 5.94. The number of hydrogen-bond acceptors (Lipinski definition) is 6. The molecule has 2 aromatic carbocycles. The fraction of sp³-hybridized carbons (Fsp3) is 0.250. The zero-order chi connectivity index (χ0) is 22.5. The molecule has 0 aliphatic rings. The number of carbonyl (C=O) groups excluding carboxylic acids is 1. The lowest BCUT2D eigenvalue weighted by molar-refractivity contribution is -0.115. The SMILES string of the molecule is COc1cc(CCc2cc(NC(=O)Cc3coc4cc(OC)ccc34)n[nH]2)cc(OC)c1. The summed E-state index contributed by atoms with van der Waals surface area (Å²) >= 11 is 0. The van der Waals surface area contributed by atoms with Gasteiger partial charge in [-0.1, -0.05) is 0 Å². The number of anilines is 1. The fourth-order valence-electron chi connectivity index (χ4n) is 3.53. The van der Waals surface area contributed by atoms with E-state index in [4.69, 9.17) is 18.6 Å². The number of ether oxygens (including phenoxy) is 3. The maximum absolute atomic E-state index is 12.5. The van der Waals surface area contributed by atoms with Crippen molar-refractivity contribution in [1.29, 1.82) is 0 Å². The van der Waals surface area contributed by atoms with Gasteiger partial charge in [-0.2, -0.15) is 5.10 Å². The van der Waals surface area contributed by atoms with Crippen molar-refractivity contribution in [3.05, 3.63) is 65.5 Å². The first kappa shape index (κ1) is 21.3. The first-order valence-electron chi connectivity index (χ1n) is 10.2. The van der Waals surface area contributed by atoms with Gasteiger partial charge in [0, 0.05) is 34.8 Å². The maximum Gasteiger partial charge on any atom is 0.230 e. The van der Waals surface area contributed by atoms with Crippen molar-refractivity contribution in [3.63, 3.8) is 0 Å². The Hall–Kier alpha value is -3.94. The summed E-state index contributed by atoms with van der Waals surface area (Å²) in [6, 6.07) is 13.2. The average Bonchev–Trinajstić information content (AvgIpc) is 3.43. The number of carbonyl (C=O) groups is 1. The van der Waals surface area contributed by atoms with E-state index in [1.807, 2.05) is 36.4 Å². The summed E-state index contributed by atoms with van der Waals surface area (Å²) in [5.74, 6) is 2.53. The second-order valence-corrected chi connectivity index (χ2v) is 7.35. The first-order valence-corrected chi connectivity index (χ1v) is 10.2. The molecule has 0 spiro atoms. The molecule has 2 heterocycles. The highest BCUT2D eigenvalue weighted by atomic mass is 16.5. The quantitative estimate of drug-likeness (QED) is 0.410. The van der Waals surface area contributed by atoms with Gasteiger partial charge in [-0.3, -0.25) is 9.89 Å². The zero-order valence-electron chi connectivity index (χ0n) is 18.2. The standard InChI is InChI=1S/C24H25N3O5/c1-29-18-6-7-21-16(14-32-22(21)13-18)10-24(28)25-23-11-17(26-27-23)5-4-15-8-19(30-2)12-20(9-15)31-3/h6-9,11-14H,4-5,10H2,1-3H3,(H2,25,26,27,28). The fourth-order valence-corrected chi connectivity index (χ4v) is 3.53. The number of H-pyrrole nitrogens is 1. The molecule has 1 amide bonds. The lowest BCUT2D eigenvalue weighted by Crippen LogP contribution is -2.14. The summed E-state index contributed by atoms with van der Waals surface area (Å²) < 4.78 is 21.4. The van der Waals surface area contributed by atoms with Crippen LogP contribution in [-0.4, -0.2) is 37.4 Å². The molecule has 0 atom stereocenters. The molecular weight excluding hydrogens is 410 g/mol. The van der Waals surface area contributed by atoms with Crippen molar-refractivity contribution in [2.45, 2.75) is 19.3 Å². The second kappa shape index (κ2) is 9.47. The monoisotopic (exact) mass is 435 g/mol. The molecule has 0 unspecified atom stereocenters. The normalized spacial score (nSPS) is 10.8. The molecule has 4 rings (SSSR count). The van der Waals surface area contributed by atoms with Crippen LogP contribution in [-0.2, 0) is 24.1 Å². The molecule has 0 saturated heterocycles. The summed E-state index contributed by atoms with van der Waals surface area (Å²) in [5.41, 5.74) is 3.50. The van der Waals surface area contributed by atoms with Gasteiger partial charge in [-0.15, -0.1) is 0 Å². The van der Waals surface area contributed by atoms with Gasteiger partial charge in [-0.25, -0.2) is 0 Å².